The summed E-state index contributed by atoms with van der Waals surface area (Å²) >= 11 is 6.23. The summed E-state index contributed by atoms with van der Waals surface area (Å²) in [4.78, 5) is 11.1. The number of rotatable bonds is 3. The van der Waals surface area contributed by atoms with Crippen LogP contribution in [0.4, 0.5) is 4.39 Å². The van der Waals surface area contributed by atoms with E-state index in [9.17, 15) is 9.18 Å². The molecule has 1 aromatic rings. The van der Waals surface area contributed by atoms with Crippen LogP contribution in [0.25, 0.3) is 0 Å². The van der Waals surface area contributed by atoms with Crippen LogP contribution in [0.2, 0.25) is 0 Å². The molecule has 0 radical (unpaired) electrons. The van der Waals surface area contributed by atoms with Crippen molar-refractivity contribution in [2.24, 2.45) is 0 Å². The number of Topliss-reactive ketones (excluding diaryl/α,β-unsaturated/α-hetero) is 1. The molecular formula is C9H7Br2FO. The highest BCUT2D eigenvalue weighted by atomic mass is 79.9. The summed E-state index contributed by atoms with van der Waals surface area (Å²) in [6, 6.07) is 4.67. The lowest BCUT2D eigenvalue weighted by Gasteiger charge is -2.03. The largest absolute Gasteiger partial charge is 0.298 e. The molecule has 0 saturated carbocycles. The average Bonchev–Trinajstić information content (AvgIpc) is 2.11. The van der Waals surface area contributed by atoms with E-state index >= 15 is 0 Å². The highest BCUT2D eigenvalue weighted by Gasteiger charge is 2.09. The number of carbonyl (C=O) groups is 1. The van der Waals surface area contributed by atoms with Gasteiger partial charge in [0.15, 0.2) is 0 Å². The zero-order chi connectivity index (χ0) is 9.84. The van der Waals surface area contributed by atoms with E-state index in [4.69, 9.17) is 0 Å². The van der Waals surface area contributed by atoms with Gasteiger partial charge in [0, 0.05) is 16.5 Å². The second-order valence-corrected chi connectivity index (χ2v) is 3.96. The quantitative estimate of drug-likeness (QED) is 0.784. The zero-order valence-electron chi connectivity index (χ0n) is 6.69. The molecule has 0 amide bonds. The molecule has 0 unspecified atom stereocenters. The predicted octanol–water partition coefficient (Wildman–Crippen LogP) is 3.09. The summed E-state index contributed by atoms with van der Waals surface area (Å²) in [7, 11) is 0. The summed E-state index contributed by atoms with van der Waals surface area (Å²) in [5, 5.41) is 0.258. The van der Waals surface area contributed by atoms with Gasteiger partial charge in [-0.1, -0.05) is 37.9 Å². The van der Waals surface area contributed by atoms with Crippen LogP contribution in [-0.2, 0) is 11.2 Å². The van der Waals surface area contributed by atoms with Crippen molar-refractivity contribution in [3.63, 3.8) is 0 Å². The molecule has 0 aromatic heterocycles. The van der Waals surface area contributed by atoms with Crippen LogP contribution in [0.1, 0.15) is 5.56 Å². The van der Waals surface area contributed by atoms with Gasteiger partial charge in [-0.15, -0.1) is 0 Å². The van der Waals surface area contributed by atoms with Crippen LogP contribution in [0.15, 0.2) is 22.7 Å². The fourth-order valence-electron chi connectivity index (χ4n) is 0.946. The van der Waals surface area contributed by atoms with Crippen molar-refractivity contribution in [3.8, 4) is 0 Å². The highest BCUT2D eigenvalue weighted by molar-refractivity contribution is 9.10. The number of hydrogen-bond donors (Lipinski definition) is 0. The molecule has 1 nitrogen and oxygen atoms in total. The molecule has 0 aliphatic rings. The molecule has 0 heterocycles. The summed E-state index contributed by atoms with van der Waals surface area (Å²) in [5.74, 6) is -0.380. The Bertz CT molecular complexity index is 305. The van der Waals surface area contributed by atoms with Crippen molar-refractivity contribution in [1.29, 1.82) is 0 Å². The third-order valence-corrected chi connectivity index (χ3v) is 2.95. The number of carbonyl (C=O) groups excluding carboxylic acids is 1. The van der Waals surface area contributed by atoms with E-state index in [1.807, 2.05) is 0 Å². The third kappa shape index (κ3) is 2.88. The van der Waals surface area contributed by atoms with E-state index in [0.717, 1.165) is 0 Å². The Morgan fingerprint density at radius 1 is 1.46 bits per heavy atom. The first-order chi connectivity index (χ1) is 6.15. The summed E-state index contributed by atoms with van der Waals surface area (Å²) in [5.41, 5.74) is 0.423. The Balaban J connectivity index is 2.93. The maximum absolute atomic E-state index is 13.1. The van der Waals surface area contributed by atoms with Crippen molar-refractivity contribution in [3.05, 3.63) is 34.1 Å². The lowest BCUT2D eigenvalue weighted by Crippen LogP contribution is -2.05. The summed E-state index contributed by atoms with van der Waals surface area (Å²) in [6.07, 6.45) is 0.124. The van der Waals surface area contributed by atoms with Gasteiger partial charge in [-0.05, 0) is 12.1 Å². The Hall–Kier alpha value is -0.220. The van der Waals surface area contributed by atoms with E-state index in [2.05, 4.69) is 31.9 Å². The van der Waals surface area contributed by atoms with E-state index in [1.165, 1.54) is 6.07 Å². The monoisotopic (exact) mass is 308 g/mol. The molecule has 0 spiro atoms. The molecule has 0 bridgehead atoms. The number of ketones is 1. The first-order valence-electron chi connectivity index (χ1n) is 3.65. The molecule has 4 heteroatoms. The standard InChI is InChI=1S/C9H7Br2FO/c10-5-6(13)4-7-8(11)2-1-3-9(7)12/h1-3H,4-5H2. The van der Waals surface area contributed by atoms with E-state index in [-0.39, 0.29) is 23.4 Å². The molecule has 1 aromatic carbocycles. The van der Waals surface area contributed by atoms with E-state index in [0.29, 0.717) is 10.0 Å². The number of alkyl halides is 1. The van der Waals surface area contributed by atoms with Gasteiger partial charge in [0.05, 0.1) is 5.33 Å². The Morgan fingerprint density at radius 2 is 2.15 bits per heavy atom. The van der Waals surface area contributed by atoms with Crippen molar-refractivity contribution >= 4 is 37.6 Å². The first kappa shape index (κ1) is 10.9. The molecule has 0 aliphatic carbocycles. The number of benzene rings is 1. The first-order valence-corrected chi connectivity index (χ1v) is 5.57. The van der Waals surface area contributed by atoms with Crippen LogP contribution < -0.4 is 0 Å². The minimum atomic E-state index is -0.344. The van der Waals surface area contributed by atoms with Crippen LogP contribution in [0.5, 0.6) is 0 Å². The number of halogens is 3. The Morgan fingerprint density at radius 3 is 2.69 bits per heavy atom. The van der Waals surface area contributed by atoms with Gasteiger partial charge in [0.25, 0.3) is 0 Å². The number of hydrogen-bond acceptors (Lipinski definition) is 1. The molecule has 70 valence electrons. The Kier molecular flexibility index (Phi) is 4.06. The van der Waals surface area contributed by atoms with Crippen LogP contribution in [0.3, 0.4) is 0 Å². The molecule has 0 atom stereocenters. The van der Waals surface area contributed by atoms with Crippen molar-refractivity contribution in [1.82, 2.24) is 0 Å². The maximum atomic E-state index is 13.1. The topological polar surface area (TPSA) is 17.1 Å². The van der Waals surface area contributed by atoms with E-state index in [1.54, 1.807) is 12.1 Å². The van der Waals surface area contributed by atoms with Gasteiger partial charge in [-0.3, -0.25) is 4.79 Å². The fraction of sp³-hybridized carbons (Fsp3) is 0.222. The van der Waals surface area contributed by atoms with Crippen molar-refractivity contribution < 1.29 is 9.18 Å². The molecule has 13 heavy (non-hydrogen) atoms. The maximum Gasteiger partial charge on any atom is 0.147 e. The fourth-order valence-corrected chi connectivity index (χ4v) is 1.63. The second kappa shape index (κ2) is 4.86. The molecule has 0 aliphatic heterocycles. The SMILES string of the molecule is O=C(CBr)Cc1c(F)cccc1Br. The molecule has 0 fully saturated rings. The lowest BCUT2D eigenvalue weighted by molar-refractivity contribution is -0.115. The van der Waals surface area contributed by atoms with Crippen LogP contribution >= 0.6 is 31.9 Å². The predicted molar refractivity (Wildman–Crippen MR) is 56.6 cm³/mol. The smallest absolute Gasteiger partial charge is 0.147 e. The minimum Gasteiger partial charge on any atom is -0.298 e. The van der Waals surface area contributed by atoms with E-state index < -0.39 is 0 Å². The minimum absolute atomic E-state index is 0.0363. The highest BCUT2D eigenvalue weighted by Crippen LogP contribution is 2.20. The normalized spacial score (nSPS) is 10.1. The van der Waals surface area contributed by atoms with Gasteiger partial charge in [0.1, 0.15) is 11.6 Å². The average molecular weight is 310 g/mol. The second-order valence-electron chi connectivity index (χ2n) is 2.55. The molecule has 0 N–H and O–H groups in total. The van der Waals surface area contributed by atoms with Crippen molar-refractivity contribution in [2.45, 2.75) is 6.42 Å². The van der Waals surface area contributed by atoms with Gasteiger partial charge >= 0.3 is 0 Å². The van der Waals surface area contributed by atoms with Crippen LogP contribution in [0, 0.1) is 5.82 Å². The lowest BCUT2D eigenvalue weighted by atomic mass is 10.1. The summed E-state index contributed by atoms with van der Waals surface area (Å²) < 4.78 is 13.8. The summed E-state index contributed by atoms with van der Waals surface area (Å²) in [6.45, 7) is 0. The van der Waals surface area contributed by atoms with Crippen molar-refractivity contribution in [2.75, 3.05) is 5.33 Å². The molecule has 0 saturated heterocycles. The van der Waals surface area contributed by atoms with Gasteiger partial charge in [0.2, 0.25) is 0 Å². The zero-order valence-corrected chi connectivity index (χ0v) is 9.86. The molecular weight excluding hydrogens is 303 g/mol. The third-order valence-electron chi connectivity index (χ3n) is 1.58. The van der Waals surface area contributed by atoms with Gasteiger partial charge in [-0.25, -0.2) is 4.39 Å². The Labute approximate surface area is 92.6 Å². The van der Waals surface area contributed by atoms with Crippen LogP contribution in [-0.4, -0.2) is 11.1 Å². The van der Waals surface area contributed by atoms with Gasteiger partial charge < -0.3 is 0 Å². The molecule has 1 rings (SSSR count). The van der Waals surface area contributed by atoms with Gasteiger partial charge in [-0.2, -0.15) is 0 Å².